The van der Waals surface area contributed by atoms with Gasteiger partial charge in [-0.2, -0.15) is 13.2 Å². The molecule has 0 saturated carbocycles. The highest BCUT2D eigenvalue weighted by molar-refractivity contribution is 8.05. The molecule has 0 aliphatic heterocycles. The van der Waals surface area contributed by atoms with Crippen molar-refractivity contribution in [2.75, 3.05) is 6.26 Å². The summed E-state index contributed by atoms with van der Waals surface area (Å²) in [5, 5.41) is -2.71. The van der Waals surface area contributed by atoms with Crippen LogP contribution in [0, 0.1) is 0 Å². The van der Waals surface area contributed by atoms with Crippen molar-refractivity contribution in [3.63, 3.8) is 0 Å². The average molecular weight is 330 g/mol. The van der Waals surface area contributed by atoms with E-state index in [1.165, 1.54) is 11.1 Å². The molecule has 2 aromatic rings. The molecule has 0 radical (unpaired) electrons. The first kappa shape index (κ1) is 17.9. The molecular weight excluding hydrogens is 317 g/mol. The second-order valence-electron chi connectivity index (χ2n) is 4.29. The molecule has 7 heteroatoms. The monoisotopic (exact) mass is 330 g/mol. The molecular formula is C15H13F3O3S. The van der Waals surface area contributed by atoms with Gasteiger partial charge in [0, 0.05) is 6.26 Å². The number of alkyl halides is 3. The van der Waals surface area contributed by atoms with Crippen LogP contribution in [0.4, 0.5) is 13.2 Å². The number of halogens is 3. The Bertz CT molecular complexity index is 671. The molecule has 2 aromatic carbocycles. The third kappa shape index (κ3) is 5.69. The summed E-state index contributed by atoms with van der Waals surface area (Å²) in [6.45, 7) is 0. The standard InChI is InChI=1S/C12H10.C3H3F3O3S/c1-3-7-11(8-4-1)12-9-5-2-6-10-12;1-10(8,9)2(7)3(4,5)6/h1-10H;1H3. The molecule has 0 spiro atoms. The normalized spacial score (nSPS) is 11.3. The second kappa shape index (κ2) is 7.22. The van der Waals surface area contributed by atoms with Crippen LogP contribution < -0.4 is 0 Å². The van der Waals surface area contributed by atoms with E-state index in [-0.39, 0.29) is 6.26 Å². The molecule has 3 nitrogen and oxygen atoms in total. The number of sulfone groups is 1. The second-order valence-corrected chi connectivity index (χ2v) is 6.20. The molecule has 0 saturated heterocycles. The molecule has 0 fully saturated rings. The number of hydrogen-bond acceptors (Lipinski definition) is 3. The van der Waals surface area contributed by atoms with E-state index in [1.54, 1.807) is 0 Å². The Hall–Kier alpha value is -2.15. The lowest BCUT2D eigenvalue weighted by molar-refractivity contribution is -0.161. The fraction of sp³-hybridized carbons (Fsp3) is 0.133. The van der Waals surface area contributed by atoms with Crippen molar-refractivity contribution in [2.24, 2.45) is 0 Å². The number of hydrogen-bond donors (Lipinski definition) is 0. The summed E-state index contributed by atoms with van der Waals surface area (Å²) in [4.78, 5) is 9.77. The van der Waals surface area contributed by atoms with E-state index >= 15 is 0 Å². The summed E-state index contributed by atoms with van der Waals surface area (Å²) in [6.07, 6.45) is -5.07. The third-order valence-electron chi connectivity index (χ3n) is 2.45. The van der Waals surface area contributed by atoms with Gasteiger partial charge in [-0.25, -0.2) is 8.42 Å². The molecule has 2 rings (SSSR count). The SMILES string of the molecule is CS(=O)(=O)C(=O)C(F)(F)F.c1ccc(-c2ccccc2)cc1. The van der Waals surface area contributed by atoms with Crippen LogP contribution in [0.1, 0.15) is 0 Å². The van der Waals surface area contributed by atoms with Crippen molar-refractivity contribution in [3.05, 3.63) is 60.7 Å². The van der Waals surface area contributed by atoms with Crippen molar-refractivity contribution in [1.29, 1.82) is 0 Å². The van der Waals surface area contributed by atoms with Gasteiger partial charge in [-0.3, -0.25) is 4.79 Å². The molecule has 118 valence electrons. The minimum Gasteiger partial charge on any atom is -0.271 e. The quantitative estimate of drug-likeness (QED) is 0.804. The maximum absolute atomic E-state index is 11.2. The van der Waals surface area contributed by atoms with Crippen LogP contribution >= 0.6 is 0 Å². The fourth-order valence-electron chi connectivity index (χ4n) is 1.47. The summed E-state index contributed by atoms with van der Waals surface area (Å²) in [5.41, 5.74) is 2.55. The summed E-state index contributed by atoms with van der Waals surface area (Å²) in [7, 11) is -4.62. The van der Waals surface area contributed by atoms with Crippen LogP contribution in [0.2, 0.25) is 0 Å². The van der Waals surface area contributed by atoms with Crippen molar-refractivity contribution in [1.82, 2.24) is 0 Å². The van der Waals surface area contributed by atoms with Crippen LogP contribution in [-0.4, -0.2) is 26.0 Å². The van der Waals surface area contributed by atoms with Crippen LogP contribution in [0.5, 0.6) is 0 Å². The number of benzene rings is 2. The van der Waals surface area contributed by atoms with Gasteiger partial charge < -0.3 is 0 Å². The molecule has 0 N–H and O–H groups in total. The third-order valence-corrected chi connectivity index (χ3v) is 3.35. The molecule has 0 atom stereocenters. The maximum atomic E-state index is 11.2. The van der Waals surface area contributed by atoms with Crippen LogP contribution in [0.15, 0.2) is 60.7 Å². The number of carbonyl (C=O) groups is 1. The molecule has 0 aliphatic rings. The lowest BCUT2D eigenvalue weighted by Crippen LogP contribution is -2.29. The van der Waals surface area contributed by atoms with Crippen LogP contribution in [0.3, 0.4) is 0 Å². The van der Waals surface area contributed by atoms with Gasteiger partial charge in [0.15, 0.2) is 0 Å². The lowest BCUT2D eigenvalue weighted by Gasteiger charge is -2.00. The Labute approximate surface area is 126 Å². The smallest absolute Gasteiger partial charge is 0.271 e. The van der Waals surface area contributed by atoms with Crippen molar-refractivity contribution in [3.8, 4) is 11.1 Å². The lowest BCUT2D eigenvalue weighted by atomic mass is 10.1. The Kier molecular flexibility index (Phi) is 5.87. The van der Waals surface area contributed by atoms with Gasteiger partial charge in [-0.05, 0) is 11.1 Å². The van der Waals surface area contributed by atoms with E-state index in [0.717, 1.165) is 0 Å². The van der Waals surface area contributed by atoms with Gasteiger partial charge in [0.1, 0.15) is 0 Å². The van der Waals surface area contributed by atoms with Gasteiger partial charge in [0.2, 0.25) is 9.84 Å². The van der Waals surface area contributed by atoms with Crippen molar-refractivity contribution in [2.45, 2.75) is 6.18 Å². The van der Waals surface area contributed by atoms with Gasteiger partial charge >= 0.3 is 11.3 Å². The predicted molar refractivity (Wildman–Crippen MR) is 77.8 cm³/mol. The Morgan fingerprint density at radius 3 is 1.32 bits per heavy atom. The highest BCUT2D eigenvalue weighted by Gasteiger charge is 2.45. The maximum Gasteiger partial charge on any atom is 0.466 e. The Morgan fingerprint density at radius 1 is 0.818 bits per heavy atom. The van der Waals surface area contributed by atoms with E-state index in [0.29, 0.717) is 0 Å². The summed E-state index contributed by atoms with van der Waals surface area (Å²) in [6, 6.07) is 20.8. The zero-order valence-corrected chi connectivity index (χ0v) is 12.4. The van der Waals surface area contributed by atoms with E-state index in [9.17, 15) is 26.4 Å². The molecule has 0 aliphatic carbocycles. The van der Waals surface area contributed by atoms with Gasteiger partial charge in [-0.1, -0.05) is 60.7 Å². The minimum absolute atomic E-state index is 0.211. The van der Waals surface area contributed by atoms with E-state index in [1.807, 2.05) is 12.1 Å². The predicted octanol–water partition coefficient (Wildman–Crippen LogP) is 3.47. The first-order valence-electron chi connectivity index (χ1n) is 6.04. The Balaban J connectivity index is 0.000000225. The fourth-order valence-corrected chi connectivity index (χ4v) is 1.89. The Morgan fingerprint density at radius 2 is 1.14 bits per heavy atom. The molecule has 0 amide bonds. The summed E-state index contributed by atoms with van der Waals surface area (Å²) < 4.78 is 53.5. The topological polar surface area (TPSA) is 51.2 Å². The molecule has 0 unspecified atom stereocenters. The largest absolute Gasteiger partial charge is 0.466 e. The van der Waals surface area contributed by atoms with Crippen molar-refractivity contribution >= 4 is 15.0 Å². The molecule has 0 heterocycles. The van der Waals surface area contributed by atoms with Gasteiger partial charge in [-0.15, -0.1) is 0 Å². The number of carbonyl (C=O) groups excluding carboxylic acids is 1. The molecule has 0 bridgehead atoms. The van der Waals surface area contributed by atoms with Gasteiger partial charge in [0.25, 0.3) is 0 Å². The first-order valence-corrected chi connectivity index (χ1v) is 7.93. The molecule has 22 heavy (non-hydrogen) atoms. The first-order chi connectivity index (χ1) is 10.1. The average Bonchev–Trinajstić information content (AvgIpc) is 2.47. The summed E-state index contributed by atoms with van der Waals surface area (Å²) >= 11 is 0. The van der Waals surface area contributed by atoms with Crippen LogP contribution in [-0.2, 0) is 14.6 Å². The highest BCUT2D eigenvalue weighted by atomic mass is 32.2. The van der Waals surface area contributed by atoms with E-state index in [2.05, 4.69) is 48.5 Å². The minimum atomic E-state index is -5.28. The summed E-state index contributed by atoms with van der Waals surface area (Å²) in [5.74, 6) is 0. The van der Waals surface area contributed by atoms with Crippen molar-refractivity contribution < 1.29 is 26.4 Å². The highest BCUT2D eigenvalue weighted by Crippen LogP contribution is 2.18. The number of rotatable bonds is 1. The molecule has 0 aromatic heterocycles. The van der Waals surface area contributed by atoms with Crippen LogP contribution in [0.25, 0.3) is 11.1 Å². The van der Waals surface area contributed by atoms with Gasteiger partial charge in [0.05, 0.1) is 0 Å². The zero-order valence-electron chi connectivity index (χ0n) is 11.5. The van der Waals surface area contributed by atoms with E-state index in [4.69, 9.17) is 0 Å². The van der Waals surface area contributed by atoms with E-state index < -0.39 is 21.1 Å². The zero-order chi connectivity index (χ0) is 16.8.